The van der Waals surface area contributed by atoms with E-state index in [1.54, 1.807) is 0 Å². The van der Waals surface area contributed by atoms with Gasteiger partial charge in [-0.05, 0) is 49.8 Å². The van der Waals surface area contributed by atoms with Crippen molar-refractivity contribution < 1.29 is 0 Å². The summed E-state index contributed by atoms with van der Waals surface area (Å²) in [5, 5.41) is 0. The van der Waals surface area contributed by atoms with E-state index in [1.165, 1.54) is 44.5 Å². The summed E-state index contributed by atoms with van der Waals surface area (Å²) in [5.74, 6) is 1.55. The molecule has 0 aliphatic carbocycles. The molecule has 0 saturated carbocycles. The predicted octanol–water partition coefficient (Wildman–Crippen LogP) is 4.62. The molecular formula is C18H31N. The summed E-state index contributed by atoms with van der Waals surface area (Å²) in [7, 11) is 0. The average molecular weight is 261 g/mol. The molecule has 0 aliphatic rings. The van der Waals surface area contributed by atoms with Gasteiger partial charge in [0.2, 0.25) is 0 Å². The Bertz CT molecular complexity index is 318. The van der Waals surface area contributed by atoms with Crippen LogP contribution in [0.25, 0.3) is 0 Å². The van der Waals surface area contributed by atoms with Gasteiger partial charge < -0.3 is 4.90 Å². The molecule has 0 spiro atoms. The maximum absolute atomic E-state index is 2.63. The van der Waals surface area contributed by atoms with Gasteiger partial charge in [0.05, 0.1) is 0 Å². The van der Waals surface area contributed by atoms with Crippen molar-refractivity contribution in [1.82, 2.24) is 4.90 Å². The van der Waals surface area contributed by atoms with Gasteiger partial charge in [0.1, 0.15) is 0 Å². The van der Waals surface area contributed by atoms with Gasteiger partial charge in [-0.1, -0.05) is 58.0 Å². The average Bonchev–Trinajstić information content (AvgIpc) is 2.37. The van der Waals surface area contributed by atoms with Crippen LogP contribution in [0.1, 0.15) is 46.1 Å². The van der Waals surface area contributed by atoms with E-state index in [2.05, 4.69) is 62.9 Å². The monoisotopic (exact) mass is 261 g/mol. The van der Waals surface area contributed by atoms with Crippen molar-refractivity contribution in [2.45, 2.75) is 47.0 Å². The molecule has 0 heterocycles. The topological polar surface area (TPSA) is 3.24 Å². The Morgan fingerprint density at radius 2 is 1.68 bits per heavy atom. The first-order valence-corrected chi connectivity index (χ1v) is 7.88. The molecule has 0 fully saturated rings. The Morgan fingerprint density at radius 3 is 2.26 bits per heavy atom. The normalized spacial score (nSPS) is 13.2. The SMILES string of the molecule is CCCN(CCC(C)Cc1ccccc1)CC(C)C. The number of hydrogen-bond acceptors (Lipinski definition) is 1. The van der Waals surface area contributed by atoms with Crippen LogP contribution in [0.2, 0.25) is 0 Å². The molecule has 0 bridgehead atoms. The molecule has 0 radical (unpaired) electrons. The van der Waals surface area contributed by atoms with Crippen LogP contribution >= 0.6 is 0 Å². The smallest absolute Gasteiger partial charge is 0.000438 e. The Morgan fingerprint density at radius 1 is 1.00 bits per heavy atom. The van der Waals surface area contributed by atoms with E-state index in [-0.39, 0.29) is 0 Å². The lowest BCUT2D eigenvalue weighted by atomic mass is 9.98. The fourth-order valence-electron chi connectivity index (χ4n) is 2.65. The van der Waals surface area contributed by atoms with Gasteiger partial charge in [-0.15, -0.1) is 0 Å². The number of benzene rings is 1. The molecule has 0 aliphatic heterocycles. The van der Waals surface area contributed by atoms with Crippen molar-refractivity contribution in [3.05, 3.63) is 35.9 Å². The van der Waals surface area contributed by atoms with E-state index < -0.39 is 0 Å². The third-order valence-corrected chi connectivity index (χ3v) is 3.53. The maximum atomic E-state index is 2.63. The molecule has 108 valence electrons. The predicted molar refractivity (Wildman–Crippen MR) is 85.5 cm³/mol. The summed E-state index contributed by atoms with van der Waals surface area (Å²) in [5.41, 5.74) is 1.47. The van der Waals surface area contributed by atoms with Gasteiger partial charge in [-0.2, -0.15) is 0 Å². The lowest BCUT2D eigenvalue weighted by molar-refractivity contribution is 0.229. The largest absolute Gasteiger partial charge is 0.303 e. The standard InChI is InChI=1S/C18H31N/c1-5-12-19(15-16(2)3)13-11-17(4)14-18-9-7-6-8-10-18/h6-10,16-17H,5,11-15H2,1-4H3. The van der Waals surface area contributed by atoms with Crippen LogP contribution in [-0.2, 0) is 6.42 Å². The number of hydrogen-bond donors (Lipinski definition) is 0. The summed E-state index contributed by atoms with van der Waals surface area (Å²) in [6.45, 7) is 13.0. The number of rotatable bonds is 9. The third-order valence-electron chi connectivity index (χ3n) is 3.53. The zero-order valence-corrected chi connectivity index (χ0v) is 13.2. The molecule has 1 nitrogen and oxygen atoms in total. The molecule has 1 unspecified atom stereocenters. The minimum absolute atomic E-state index is 0.772. The van der Waals surface area contributed by atoms with Gasteiger partial charge in [-0.3, -0.25) is 0 Å². The van der Waals surface area contributed by atoms with Crippen molar-refractivity contribution in [3.63, 3.8) is 0 Å². The molecule has 0 saturated heterocycles. The number of nitrogens with zero attached hydrogens (tertiary/aromatic N) is 1. The van der Waals surface area contributed by atoms with Crippen LogP contribution in [0.4, 0.5) is 0 Å². The summed E-state index contributed by atoms with van der Waals surface area (Å²) in [6.07, 6.45) is 3.78. The quantitative estimate of drug-likeness (QED) is 0.627. The fraction of sp³-hybridized carbons (Fsp3) is 0.667. The zero-order chi connectivity index (χ0) is 14.1. The Kier molecular flexibility index (Phi) is 7.81. The van der Waals surface area contributed by atoms with Crippen LogP contribution in [0.5, 0.6) is 0 Å². The van der Waals surface area contributed by atoms with Gasteiger partial charge in [-0.25, -0.2) is 0 Å². The van der Waals surface area contributed by atoms with E-state index in [1.807, 2.05) is 0 Å². The van der Waals surface area contributed by atoms with E-state index in [4.69, 9.17) is 0 Å². The van der Waals surface area contributed by atoms with Crippen LogP contribution in [-0.4, -0.2) is 24.5 Å². The fourth-order valence-corrected chi connectivity index (χ4v) is 2.65. The Balaban J connectivity index is 2.32. The zero-order valence-electron chi connectivity index (χ0n) is 13.2. The highest BCUT2D eigenvalue weighted by molar-refractivity contribution is 5.15. The first-order chi connectivity index (χ1) is 9.11. The molecule has 0 amide bonds. The first kappa shape index (κ1) is 16.2. The van der Waals surface area contributed by atoms with Gasteiger partial charge in [0.25, 0.3) is 0 Å². The molecule has 1 heteroatoms. The van der Waals surface area contributed by atoms with Crippen LogP contribution in [0.15, 0.2) is 30.3 Å². The minimum atomic E-state index is 0.772. The molecule has 1 rings (SSSR count). The van der Waals surface area contributed by atoms with Crippen molar-refractivity contribution in [1.29, 1.82) is 0 Å². The second-order valence-electron chi connectivity index (χ2n) is 6.28. The highest BCUT2D eigenvalue weighted by atomic mass is 15.1. The summed E-state index contributed by atoms with van der Waals surface area (Å²) < 4.78 is 0. The van der Waals surface area contributed by atoms with E-state index >= 15 is 0 Å². The first-order valence-electron chi connectivity index (χ1n) is 7.88. The molecule has 0 N–H and O–H groups in total. The molecular weight excluding hydrogens is 230 g/mol. The van der Waals surface area contributed by atoms with Crippen molar-refractivity contribution in [2.24, 2.45) is 11.8 Å². The maximum Gasteiger partial charge on any atom is 0.000438 e. The van der Waals surface area contributed by atoms with Gasteiger partial charge in [0, 0.05) is 6.54 Å². The van der Waals surface area contributed by atoms with Crippen LogP contribution in [0.3, 0.4) is 0 Å². The van der Waals surface area contributed by atoms with Crippen molar-refractivity contribution in [2.75, 3.05) is 19.6 Å². The van der Waals surface area contributed by atoms with E-state index in [0.717, 1.165) is 11.8 Å². The lowest BCUT2D eigenvalue weighted by Crippen LogP contribution is -2.30. The van der Waals surface area contributed by atoms with E-state index in [0.29, 0.717) is 0 Å². The van der Waals surface area contributed by atoms with E-state index in [9.17, 15) is 0 Å². The molecule has 1 aromatic carbocycles. The third kappa shape index (κ3) is 7.37. The van der Waals surface area contributed by atoms with Crippen LogP contribution < -0.4 is 0 Å². The lowest BCUT2D eigenvalue weighted by Gasteiger charge is -2.25. The minimum Gasteiger partial charge on any atom is -0.303 e. The highest BCUT2D eigenvalue weighted by Crippen LogP contribution is 2.13. The summed E-state index contributed by atoms with van der Waals surface area (Å²) in [4.78, 5) is 2.63. The second kappa shape index (κ2) is 9.14. The molecule has 0 aromatic heterocycles. The van der Waals surface area contributed by atoms with Gasteiger partial charge >= 0.3 is 0 Å². The molecule has 19 heavy (non-hydrogen) atoms. The van der Waals surface area contributed by atoms with Gasteiger partial charge in [0.15, 0.2) is 0 Å². The highest BCUT2D eigenvalue weighted by Gasteiger charge is 2.09. The van der Waals surface area contributed by atoms with Crippen molar-refractivity contribution in [3.8, 4) is 0 Å². The van der Waals surface area contributed by atoms with Crippen molar-refractivity contribution >= 4 is 0 Å². The summed E-state index contributed by atoms with van der Waals surface area (Å²) >= 11 is 0. The molecule has 1 aromatic rings. The Hall–Kier alpha value is -0.820. The molecule has 1 atom stereocenters. The Labute approximate surface area is 120 Å². The van der Waals surface area contributed by atoms with Crippen LogP contribution in [0, 0.1) is 11.8 Å². The summed E-state index contributed by atoms with van der Waals surface area (Å²) in [6, 6.07) is 10.9. The second-order valence-corrected chi connectivity index (χ2v) is 6.28.